The lowest BCUT2D eigenvalue weighted by Crippen LogP contribution is -2.45. The number of imide groups is 1. The van der Waals surface area contributed by atoms with Gasteiger partial charge >= 0.3 is 12.0 Å². The Balaban J connectivity index is 1.48. The van der Waals surface area contributed by atoms with Crippen LogP contribution in [0.15, 0.2) is 30.3 Å². The van der Waals surface area contributed by atoms with Crippen LogP contribution in [0.5, 0.6) is 0 Å². The van der Waals surface area contributed by atoms with Crippen LogP contribution in [0.3, 0.4) is 0 Å². The summed E-state index contributed by atoms with van der Waals surface area (Å²) in [7, 11) is 0. The van der Waals surface area contributed by atoms with Crippen molar-refractivity contribution in [3.63, 3.8) is 0 Å². The van der Waals surface area contributed by atoms with Gasteiger partial charge in [0, 0.05) is 0 Å². The van der Waals surface area contributed by atoms with Gasteiger partial charge < -0.3 is 15.4 Å². The first kappa shape index (κ1) is 21.5. The van der Waals surface area contributed by atoms with Crippen LogP contribution < -0.4 is 10.6 Å². The van der Waals surface area contributed by atoms with E-state index in [9.17, 15) is 24.0 Å². The average molecular weight is 415 g/mol. The molecule has 30 heavy (non-hydrogen) atoms. The smallest absolute Gasteiger partial charge is 0.326 e. The lowest BCUT2D eigenvalue weighted by molar-refractivity contribution is -0.151. The lowest BCUT2D eigenvalue weighted by atomic mass is 9.98. The first-order valence-corrected chi connectivity index (χ1v) is 9.94. The molecule has 2 N–H and O–H groups in total. The molecule has 1 aromatic rings. The molecule has 3 rings (SSSR count). The quantitative estimate of drug-likeness (QED) is 0.476. The largest absolute Gasteiger partial charge is 0.454 e. The Morgan fingerprint density at radius 3 is 2.47 bits per heavy atom. The van der Waals surface area contributed by atoms with Crippen molar-refractivity contribution in [2.45, 2.75) is 50.6 Å². The molecule has 0 radical (unpaired) electrons. The van der Waals surface area contributed by atoms with Gasteiger partial charge in [0.2, 0.25) is 0 Å². The van der Waals surface area contributed by atoms with Crippen LogP contribution in [0, 0.1) is 0 Å². The molecular weight excluding hydrogens is 390 g/mol. The number of benzene rings is 1. The molecule has 1 aromatic carbocycles. The van der Waals surface area contributed by atoms with Crippen LogP contribution >= 0.6 is 0 Å². The topological polar surface area (TPSA) is 122 Å². The first-order valence-electron chi connectivity index (χ1n) is 9.94. The molecule has 1 atom stereocenters. The van der Waals surface area contributed by atoms with E-state index in [0.29, 0.717) is 19.3 Å². The van der Waals surface area contributed by atoms with Crippen molar-refractivity contribution >= 4 is 29.6 Å². The van der Waals surface area contributed by atoms with Gasteiger partial charge in [0.05, 0.1) is 6.04 Å². The van der Waals surface area contributed by atoms with Gasteiger partial charge in [-0.25, -0.2) is 4.79 Å². The van der Waals surface area contributed by atoms with E-state index >= 15 is 0 Å². The summed E-state index contributed by atoms with van der Waals surface area (Å²) >= 11 is 0. The summed E-state index contributed by atoms with van der Waals surface area (Å²) in [4.78, 5) is 61.5. The maximum Gasteiger partial charge on any atom is 0.326 e. The number of hydrogen-bond acceptors (Lipinski definition) is 6. The number of nitrogens with one attached hydrogen (secondary N) is 2. The van der Waals surface area contributed by atoms with Crippen molar-refractivity contribution in [1.82, 2.24) is 15.5 Å². The molecule has 1 heterocycles. The zero-order chi connectivity index (χ0) is 21.7. The van der Waals surface area contributed by atoms with Crippen molar-refractivity contribution in [3.8, 4) is 0 Å². The number of nitrogens with zero attached hydrogens (tertiary/aromatic N) is 1. The second kappa shape index (κ2) is 9.06. The number of carbonyl (C=O) groups excluding carboxylic acids is 5. The summed E-state index contributed by atoms with van der Waals surface area (Å²) in [6.45, 7) is 0.211. The molecule has 0 aromatic heterocycles. The maximum atomic E-state index is 12.5. The van der Waals surface area contributed by atoms with E-state index in [1.807, 2.05) is 30.3 Å². The van der Waals surface area contributed by atoms with Gasteiger partial charge in [-0.1, -0.05) is 43.2 Å². The number of ether oxygens (including phenoxy) is 1. The van der Waals surface area contributed by atoms with Gasteiger partial charge in [0.25, 0.3) is 11.8 Å². The summed E-state index contributed by atoms with van der Waals surface area (Å²) in [6, 6.07) is 7.84. The Morgan fingerprint density at radius 2 is 1.83 bits per heavy atom. The number of urea groups is 1. The summed E-state index contributed by atoms with van der Waals surface area (Å²) in [5, 5.41) is 5.22. The highest BCUT2D eigenvalue weighted by molar-refractivity contribution is 6.08. The van der Waals surface area contributed by atoms with Crippen molar-refractivity contribution in [3.05, 3.63) is 35.9 Å². The molecule has 2 fully saturated rings. The molecule has 1 aliphatic heterocycles. The predicted molar refractivity (Wildman–Crippen MR) is 105 cm³/mol. The minimum absolute atomic E-state index is 0.222. The van der Waals surface area contributed by atoms with Crippen molar-refractivity contribution in [2.24, 2.45) is 0 Å². The lowest BCUT2D eigenvalue weighted by Gasteiger charge is -2.19. The molecule has 9 nitrogen and oxygen atoms in total. The fraction of sp³-hybridized carbons (Fsp3) is 0.476. The average Bonchev–Trinajstić information content (AvgIpc) is 3.27. The van der Waals surface area contributed by atoms with Crippen LogP contribution in [0.1, 0.15) is 38.2 Å². The Labute approximate surface area is 174 Å². The number of ketones is 1. The van der Waals surface area contributed by atoms with E-state index in [1.54, 1.807) is 0 Å². The third-order valence-corrected chi connectivity index (χ3v) is 5.46. The van der Waals surface area contributed by atoms with Crippen LogP contribution in [0.2, 0.25) is 0 Å². The fourth-order valence-electron chi connectivity index (χ4n) is 3.84. The van der Waals surface area contributed by atoms with Gasteiger partial charge in [-0.05, 0) is 31.7 Å². The molecule has 1 spiro atoms. The zero-order valence-electron chi connectivity index (χ0n) is 16.8. The monoisotopic (exact) mass is 415 g/mol. The number of esters is 1. The minimum Gasteiger partial charge on any atom is -0.454 e. The Morgan fingerprint density at radius 1 is 1.17 bits per heavy atom. The number of hydrogen-bond donors (Lipinski definition) is 2. The van der Waals surface area contributed by atoms with E-state index in [1.165, 1.54) is 6.92 Å². The van der Waals surface area contributed by atoms with Crippen molar-refractivity contribution < 1.29 is 28.7 Å². The summed E-state index contributed by atoms with van der Waals surface area (Å²) in [6.07, 6.45) is 3.11. The Hall–Kier alpha value is -3.23. The fourth-order valence-corrected chi connectivity index (χ4v) is 3.84. The molecule has 0 unspecified atom stereocenters. The van der Waals surface area contributed by atoms with Gasteiger partial charge in [-0.2, -0.15) is 0 Å². The third-order valence-electron chi connectivity index (χ3n) is 5.46. The van der Waals surface area contributed by atoms with E-state index < -0.39 is 48.5 Å². The number of Topliss-reactive ketones (excluding diaryl/α,β-unsaturated/α-hetero) is 1. The Bertz CT molecular complexity index is 848. The van der Waals surface area contributed by atoms with E-state index in [2.05, 4.69) is 10.6 Å². The van der Waals surface area contributed by atoms with Gasteiger partial charge in [-0.15, -0.1) is 0 Å². The first-order chi connectivity index (χ1) is 14.3. The summed E-state index contributed by atoms with van der Waals surface area (Å²) in [5.74, 6) is -2.15. The molecular formula is C21H25N3O6. The summed E-state index contributed by atoms with van der Waals surface area (Å²) in [5.41, 5.74) is -0.0182. The molecule has 1 aliphatic carbocycles. The molecule has 9 heteroatoms. The van der Waals surface area contributed by atoms with E-state index in [0.717, 1.165) is 23.3 Å². The molecule has 1 saturated carbocycles. The van der Waals surface area contributed by atoms with Crippen LogP contribution in [-0.2, 0) is 30.3 Å². The number of amides is 4. The molecule has 4 amide bonds. The van der Waals surface area contributed by atoms with Crippen LogP contribution in [0.25, 0.3) is 0 Å². The number of carbonyl (C=O) groups is 5. The molecule has 2 aliphatic rings. The predicted octanol–water partition coefficient (Wildman–Crippen LogP) is 0.711. The Kier molecular flexibility index (Phi) is 6.49. The van der Waals surface area contributed by atoms with Crippen LogP contribution in [0.4, 0.5) is 4.79 Å². The maximum absolute atomic E-state index is 12.5. The zero-order valence-corrected chi connectivity index (χ0v) is 16.8. The van der Waals surface area contributed by atoms with Gasteiger partial charge in [0.15, 0.2) is 12.4 Å². The SMILES string of the molecule is CC(=O)[C@@H](Cc1ccccc1)NC(=O)COC(=O)CN1C(=O)NC2(CCCC2)C1=O. The summed E-state index contributed by atoms with van der Waals surface area (Å²) < 4.78 is 4.91. The highest BCUT2D eigenvalue weighted by Crippen LogP contribution is 2.34. The van der Waals surface area contributed by atoms with E-state index in [-0.39, 0.29) is 5.78 Å². The van der Waals surface area contributed by atoms with Crippen molar-refractivity contribution in [1.29, 1.82) is 0 Å². The van der Waals surface area contributed by atoms with Gasteiger partial charge in [-0.3, -0.25) is 24.1 Å². The molecule has 1 saturated heterocycles. The second-order valence-electron chi connectivity index (χ2n) is 7.69. The standard InChI is InChI=1S/C21H25N3O6/c1-14(25)16(11-15-7-3-2-4-8-15)22-17(26)13-30-18(27)12-24-19(28)21(23-20(24)29)9-5-6-10-21/h2-4,7-8,16H,5-6,9-13H2,1H3,(H,22,26)(H,23,29)/t16-/m1/s1. The normalized spacial score (nSPS) is 18.2. The second-order valence-corrected chi connectivity index (χ2v) is 7.69. The highest BCUT2D eigenvalue weighted by Gasteiger charge is 2.52. The highest BCUT2D eigenvalue weighted by atomic mass is 16.5. The third kappa shape index (κ3) is 4.84. The molecule has 0 bridgehead atoms. The van der Waals surface area contributed by atoms with Crippen LogP contribution in [-0.4, -0.2) is 59.2 Å². The minimum atomic E-state index is -0.902. The number of rotatable bonds is 8. The van der Waals surface area contributed by atoms with E-state index in [4.69, 9.17) is 4.74 Å². The van der Waals surface area contributed by atoms with Crippen molar-refractivity contribution in [2.75, 3.05) is 13.2 Å². The molecule has 160 valence electrons. The van der Waals surface area contributed by atoms with Gasteiger partial charge in [0.1, 0.15) is 12.1 Å².